The Morgan fingerprint density at radius 2 is 1.68 bits per heavy atom. The summed E-state index contributed by atoms with van der Waals surface area (Å²) in [6, 6.07) is 10.9. The molecule has 0 saturated carbocycles. The maximum absolute atomic E-state index is 12.9. The molecule has 7 heteroatoms. The zero-order chi connectivity index (χ0) is 20.7. The second kappa shape index (κ2) is 9.99. The molecule has 0 aliphatic rings. The van der Waals surface area contributed by atoms with Crippen molar-refractivity contribution in [1.82, 2.24) is 5.32 Å². The summed E-state index contributed by atoms with van der Waals surface area (Å²) in [7, 11) is 3.07. The Labute approximate surface area is 170 Å². The van der Waals surface area contributed by atoms with Crippen molar-refractivity contribution in [3.8, 4) is 11.5 Å². The topological polar surface area (TPSA) is 76.7 Å². The highest BCUT2D eigenvalue weighted by Crippen LogP contribution is 2.30. The van der Waals surface area contributed by atoms with Crippen molar-refractivity contribution in [2.45, 2.75) is 26.3 Å². The number of amides is 2. The Hall–Kier alpha value is -2.73. The van der Waals surface area contributed by atoms with Crippen LogP contribution in [0.5, 0.6) is 11.5 Å². The Kier molecular flexibility index (Phi) is 7.70. The molecule has 0 bridgehead atoms. The summed E-state index contributed by atoms with van der Waals surface area (Å²) in [6.45, 7) is 3.89. The van der Waals surface area contributed by atoms with Crippen LogP contribution >= 0.6 is 11.6 Å². The highest BCUT2D eigenvalue weighted by Gasteiger charge is 2.26. The minimum Gasteiger partial charge on any atom is -0.493 e. The van der Waals surface area contributed by atoms with Crippen molar-refractivity contribution in [3.05, 3.63) is 53.1 Å². The summed E-state index contributed by atoms with van der Waals surface area (Å²) in [5, 5.41) is 6.21. The Morgan fingerprint density at radius 1 is 1.04 bits per heavy atom. The maximum atomic E-state index is 12.9. The lowest BCUT2D eigenvalue weighted by atomic mass is 9.97. The first-order valence-corrected chi connectivity index (χ1v) is 9.36. The van der Waals surface area contributed by atoms with E-state index in [0.717, 1.165) is 6.42 Å². The van der Waals surface area contributed by atoms with Crippen molar-refractivity contribution in [3.63, 3.8) is 0 Å². The van der Waals surface area contributed by atoms with Crippen molar-refractivity contribution in [2.75, 3.05) is 19.5 Å². The number of hydrogen-bond donors (Lipinski definition) is 2. The van der Waals surface area contributed by atoms with Crippen molar-refractivity contribution < 1.29 is 19.1 Å². The minimum absolute atomic E-state index is 0.0589. The van der Waals surface area contributed by atoms with E-state index < -0.39 is 6.04 Å². The molecule has 0 aliphatic heterocycles. The molecule has 2 amide bonds. The van der Waals surface area contributed by atoms with Gasteiger partial charge in [-0.25, -0.2) is 0 Å². The number of rotatable bonds is 8. The van der Waals surface area contributed by atoms with Crippen LogP contribution in [0, 0.1) is 5.92 Å². The fraction of sp³-hybridized carbons (Fsp3) is 0.333. The number of benzene rings is 2. The molecule has 0 unspecified atom stereocenters. The molecule has 0 radical (unpaired) electrons. The van der Waals surface area contributed by atoms with E-state index in [4.69, 9.17) is 21.1 Å². The number of carbonyl (C=O) groups excluding carboxylic acids is 2. The summed E-state index contributed by atoms with van der Waals surface area (Å²) < 4.78 is 10.5. The normalized spacial score (nSPS) is 12.6. The number of nitrogens with one attached hydrogen (secondary N) is 2. The number of carbonyl (C=O) groups is 2. The van der Waals surface area contributed by atoms with Gasteiger partial charge in [0.2, 0.25) is 5.91 Å². The largest absolute Gasteiger partial charge is 0.493 e. The average Bonchev–Trinajstić information content (AvgIpc) is 2.71. The van der Waals surface area contributed by atoms with Crippen LogP contribution in [0.4, 0.5) is 5.69 Å². The maximum Gasteiger partial charge on any atom is 0.251 e. The first-order valence-electron chi connectivity index (χ1n) is 8.98. The van der Waals surface area contributed by atoms with Gasteiger partial charge >= 0.3 is 0 Å². The predicted molar refractivity (Wildman–Crippen MR) is 110 cm³/mol. The van der Waals surface area contributed by atoms with Crippen LogP contribution in [0.15, 0.2) is 42.5 Å². The molecule has 0 saturated heterocycles. The predicted octanol–water partition coefficient (Wildman–Crippen LogP) is 4.14. The smallest absolute Gasteiger partial charge is 0.251 e. The number of halogens is 1. The molecule has 150 valence electrons. The molecular formula is C21H25ClN2O4. The summed E-state index contributed by atoms with van der Waals surface area (Å²) in [5.74, 6) is 0.380. The molecule has 6 nitrogen and oxygen atoms in total. The van der Waals surface area contributed by atoms with Crippen LogP contribution in [0.1, 0.15) is 30.6 Å². The molecule has 0 fully saturated rings. The van der Waals surface area contributed by atoms with E-state index in [1.165, 1.54) is 7.11 Å². The molecule has 0 spiro atoms. The van der Waals surface area contributed by atoms with Gasteiger partial charge in [-0.2, -0.15) is 0 Å². The van der Waals surface area contributed by atoms with Crippen molar-refractivity contribution >= 4 is 29.1 Å². The van der Waals surface area contributed by atoms with Crippen molar-refractivity contribution in [2.24, 2.45) is 5.92 Å². The molecule has 2 aromatic rings. The number of anilines is 1. The zero-order valence-electron chi connectivity index (χ0n) is 16.4. The van der Waals surface area contributed by atoms with Gasteiger partial charge < -0.3 is 20.1 Å². The fourth-order valence-electron chi connectivity index (χ4n) is 2.66. The summed E-state index contributed by atoms with van der Waals surface area (Å²) in [4.78, 5) is 25.4. The molecule has 2 rings (SSSR count). The highest BCUT2D eigenvalue weighted by atomic mass is 35.5. The first-order chi connectivity index (χ1) is 13.4. The van der Waals surface area contributed by atoms with Gasteiger partial charge in [0, 0.05) is 22.3 Å². The highest BCUT2D eigenvalue weighted by molar-refractivity contribution is 6.30. The lowest BCUT2D eigenvalue weighted by molar-refractivity contribution is -0.119. The van der Waals surface area contributed by atoms with E-state index in [9.17, 15) is 9.59 Å². The van der Waals surface area contributed by atoms with Gasteiger partial charge in [-0.15, -0.1) is 0 Å². The van der Waals surface area contributed by atoms with Gasteiger partial charge in [-0.1, -0.05) is 31.9 Å². The number of hydrogen-bond acceptors (Lipinski definition) is 4. The second-order valence-corrected chi connectivity index (χ2v) is 6.84. The molecule has 0 heterocycles. The quantitative estimate of drug-likeness (QED) is 0.693. The Balaban J connectivity index is 2.17. The van der Waals surface area contributed by atoms with Crippen LogP contribution in [0.2, 0.25) is 5.02 Å². The van der Waals surface area contributed by atoms with E-state index in [1.807, 2.05) is 13.8 Å². The standard InChI is InChI=1S/C21H25ClN2O4/c1-5-13(2)19(24-20(25)14-6-8-15(22)9-7-14)21(26)23-16-10-11-17(27-3)18(12-16)28-4/h6-13,19H,5H2,1-4H3,(H,23,26)(H,24,25)/t13-,19-/m0/s1. The van der Waals surface area contributed by atoms with E-state index >= 15 is 0 Å². The van der Waals surface area contributed by atoms with Crippen LogP contribution < -0.4 is 20.1 Å². The van der Waals surface area contributed by atoms with Gasteiger partial charge in [0.1, 0.15) is 6.04 Å². The van der Waals surface area contributed by atoms with E-state index in [1.54, 1.807) is 49.6 Å². The average molecular weight is 405 g/mol. The molecule has 0 aromatic heterocycles. The lowest BCUT2D eigenvalue weighted by Gasteiger charge is -2.24. The molecule has 0 aliphatic carbocycles. The third-order valence-corrected chi connectivity index (χ3v) is 4.79. The van der Waals surface area contributed by atoms with Gasteiger partial charge in [-0.05, 0) is 42.3 Å². The monoisotopic (exact) mass is 404 g/mol. The molecule has 2 N–H and O–H groups in total. The van der Waals surface area contributed by atoms with Crippen LogP contribution in [0.25, 0.3) is 0 Å². The second-order valence-electron chi connectivity index (χ2n) is 6.40. The van der Waals surface area contributed by atoms with Crippen LogP contribution in [0.3, 0.4) is 0 Å². The van der Waals surface area contributed by atoms with Crippen molar-refractivity contribution in [1.29, 1.82) is 0 Å². The van der Waals surface area contributed by atoms with E-state index in [2.05, 4.69) is 10.6 Å². The third-order valence-electron chi connectivity index (χ3n) is 4.54. The van der Waals surface area contributed by atoms with Gasteiger partial charge in [0.15, 0.2) is 11.5 Å². The van der Waals surface area contributed by atoms with Gasteiger partial charge in [0.25, 0.3) is 5.91 Å². The lowest BCUT2D eigenvalue weighted by Crippen LogP contribution is -2.47. The zero-order valence-corrected chi connectivity index (χ0v) is 17.2. The SMILES string of the molecule is CC[C@H](C)[C@H](NC(=O)c1ccc(Cl)cc1)C(=O)Nc1ccc(OC)c(OC)c1. The van der Waals surface area contributed by atoms with Gasteiger partial charge in [0.05, 0.1) is 14.2 Å². The van der Waals surface area contributed by atoms with E-state index in [0.29, 0.717) is 27.8 Å². The van der Waals surface area contributed by atoms with E-state index in [-0.39, 0.29) is 17.7 Å². The number of ether oxygens (including phenoxy) is 2. The van der Waals surface area contributed by atoms with Gasteiger partial charge in [-0.3, -0.25) is 9.59 Å². The molecule has 2 aromatic carbocycles. The van der Waals surface area contributed by atoms with Crippen LogP contribution in [-0.4, -0.2) is 32.1 Å². The number of methoxy groups -OCH3 is 2. The summed E-state index contributed by atoms with van der Waals surface area (Å²) in [5.41, 5.74) is 0.994. The minimum atomic E-state index is -0.693. The molecule has 28 heavy (non-hydrogen) atoms. The summed E-state index contributed by atoms with van der Waals surface area (Å²) >= 11 is 5.87. The molecule has 2 atom stereocenters. The summed E-state index contributed by atoms with van der Waals surface area (Å²) in [6.07, 6.45) is 0.727. The fourth-order valence-corrected chi connectivity index (χ4v) is 2.79. The Bertz CT molecular complexity index is 824. The Morgan fingerprint density at radius 3 is 2.25 bits per heavy atom. The third kappa shape index (κ3) is 5.39. The van der Waals surface area contributed by atoms with Crippen LogP contribution in [-0.2, 0) is 4.79 Å². The molecular weight excluding hydrogens is 380 g/mol. The first kappa shape index (κ1) is 21.6.